The maximum absolute atomic E-state index is 11.2. The van der Waals surface area contributed by atoms with Gasteiger partial charge in [-0.25, -0.2) is 0 Å². The summed E-state index contributed by atoms with van der Waals surface area (Å²) < 4.78 is 0. The Morgan fingerprint density at radius 2 is 1.27 bits per heavy atom. The van der Waals surface area contributed by atoms with Crippen LogP contribution in [0.3, 0.4) is 0 Å². The number of carbonyl (C=O) groups excluding carboxylic acids is 1. The SMILES string of the molecule is CCCCCCCCCCCCCCCCc1cccc(C(=O)Cl)c1O. The van der Waals surface area contributed by atoms with Crippen LogP contribution in [0.15, 0.2) is 18.2 Å². The Morgan fingerprint density at radius 1 is 0.808 bits per heavy atom. The van der Waals surface area contributed by atoms with Gasteiger partial charge in [-0.05, 0) is 36.1 Å². The average molecular weight is 381 g/mol. The fourth-order valence-corrected chi connectivity index (χ4v) is 3.61. The zero-order chi connectivity index (χ0) is 19.0. The van der Waals surface area contributed by atoms with E-state index in [2.05, 4.69) is 6.92 Å². The molecule has 0 aromatic heterocycles. The number of hydrogen-bond donors (Lipinski definition) is 1. The van der Waals surface area contributed by atoms with Crippen LogP contribution in [-0.4, -0.2) is 10.3 Å². The van der Waals surface area contributed by atoms with Crippen molar-refractivity contribution in [2.75, 3.05) is 0 Å². The molecule has 3 heteroatoms. The summed E-state index contributed by atoms with van der Waals surface area (Å²) in [5, 5.41) is 9.47. The third kappa shape index (κ3) is 10.2. The number of phenols is 1. The lowest BCUT2D eigenvalue weighted by Gasteiger charge is -2.07. The molecule has 0 spiro atoms. The lowest BCUT2D eigenvalue weighted by atomic mass is 10.0. The van der Waals surface area contributed by atoms with Crippen molar-refractivity contribution in [3.8, 4) is 5.75 Å². The highest BCUT2D eigenvalue weighted by Gasteiger charge is 2.11. The summed E-state index contributed by atoms with van der Waals surface area (Å²) in [5.74, 6) is 0.0576. The Labute approximate surface area is 165 Å². The molecule has 0 aliphatic carbocycles. The number of aryl methyl sites for hydroxylation is 1. The van der Waals surface area contributed by atoms with E-state index in [0.29, 0.717) is 0 Å². The predicted molar refractivity (Wildman–Crippen MR) is 112 cm³/mol. The molecule has 26 heavy (non-hydrogen) atoms. The second-order valence-corrected chi connectivity index (χ2v) is 7.78. The first kappa shape index (κ1) is 23.0. The van der Waals surface area contributed by atoms with Crippen molar-refractivity contribution in [3.63, 3.8) is 0 Å². The van der Waals surface area contributed by atoms with Gasteiger partial charge in [0.2, 0.25) is 0 Å². The Balaban J connectivity index is 1.96. The lowest BCUT2D eigenvalue weighted by molar-refractivity contribution is 0.107. The molecule has 1 N–H and O–H groups in total. The van der Waals surface area contributed by atoms with Crippen molar-refractivity contribution in [3.05, 3.63) is 29.3 Å². The van der Waals surface area contributed by atoms with Crippen LogP contribution in [0.5, 0.6) is 5.75 Å². The summed E-state index contributed by atoms with van der Waals surface area (Å²) in [4.78, 5) is 11.2. The van der Waals surface area contributed by atoms with E-state index in [4.69, 9.17) is 11.6 Å². The molecule has 2 nitrogen and oxygen atoms in total. The van der Waals surface area contributed by atoms with E-state index in [9.17, 15) is 9.90 Å². The van der Waals surface area contributed by atoms with E-state index < -0.39 is 5.24 Å². The summed E-state index contributed by atoms with van der Waals surface area (Å²) in [5.41, 5.74) is 1.05. The van der Waals surface area contributed by atoms with Gasteiger partial charge in [-0.3, -0.25) is 4.79 Å². The third-order valence-electron chi connectivity index (χ3n) is 5.13. The van der Waals surface area contributed by atoms with Gasteiger partial charge in [-0.15, -0.1) is 0 Å². The zero-order valence-electron chi connectivity index (χ0n) is 16.6. The quantitative estimate of drug-likeness (QED) is 0.234. The van der Waals surface area contributed by atoms with Gasteiger partial charge in [-0.2, -0.15) is 0 Å². The topological polar surface area (TPSA) is 37.3 Å². The smallest absolute Gasteiger partial charge is 0.256 e. The standard InChI is InChI=1S/C23H37ClO2/c1-2-3-4-5-6-7-8-9-10-11-12-13-14-15-17-20-18-16-19-21(22(20)25)23(24)26/h16,18-19,25H,2-15,17H2,1H3. The van der Waals surface area contributed by atoms with Crippen molar-refractivity contribution in [1.29, 1.82) is 0 Å². The highest BCUT2D eigenvalue weighted by atomic mass is 35.5. The number of para-hydroxylation sites is 1. The van der Waals surface area contributed by atoms with Crippen LogP contribution in [0.1, 0.15) is 113 Å². The van der Waals surface area contributed by atoms with Crippen LogP contribution < -0.4 is 0 Å². The summed E-state index contributed by atoms with van der Waals surface area (Å²) in [6, 6.07) is 5.23. The molecule has 148 valence electrons. The second-order valence-electron chi connectivity index (χ2n) is 7.43. The molecular formula is C23H37ClO2. The second kappa shape index (κ2) is 15.1. The highest BCUT2D eigenvalue weighted by molar-refractivity contribution is 6.68. The first-order valence-electron chi connectivity index (χ1n) is 10.7. The molecule has 0 atom stereocenters. The maximum atomic E-state index is 11.2. The van der Waals surface area contributed by atoms with E-state index in [1.807, 2.05) is 6.07 Å². The van der Waals surface area contributed by atoms with E-state index in [0.717, 1.165) is 18.4 Å². The molecule has 0 saturated heterocycles. The minimum absolute atomic E-state index is 0.0576. The molecule has 0 aliphatic heterocycles. The zero-order valence-corrected chi connectivity index (χ0v) is 17.3. The molecule has 0 heterocycles. The number of benzene rings is 1. The van der Waals surface area contributed by atoms with Gasteiger partial charge in [0.15, 0.2) is 0 Å². The van der Waals surface area contributed by atoms with Crippen molar-refractivity contribution in [2.24, 2.45) is 0 Å². The molecule has 0 radical (unpaired) electrons. The van der Waals surface area contributed by atoms with E-state index in [-0.39, 0.29) is 11.3 Å². The maximum Gasteiger partial charge on any atom is 0.256 e. The average Bonchev–Trinajstić information content (AvgIpc) is 2.63. The van der Waals surface area contributed by atoms with Crippen LogP contribution in [0.4, 0.5) is 0 Å². The number of carbonyl (C=O) groups is 1. The van der Waals surface area contributed by atoms with Crippen LogP contribution in [0.2, 0.25) is 0 Å². The number of rotatable bonds is 16. The van der Waals surface area contributed by atoms with Crippen molar-refractivity contribution in [1.82, 2.24) is 0 Å². The Morgan fingerprint density at radius 3 is 1.73 bits per heavy atom. The lowest BCUT2D eigenvalue weighted by Crippen LogP contribution is -1.94. The largest absolute Gasteiger partial charge is 0.507 e. The van der Waals surface area contributed by atoms with Crippen LogP contribution >= 0.6 is 11.6 Å². The third-order valence-corrected chi connectivity index (χ3v) is 5.33. The van der Waals surface area contributed by atoms with Gasteiger partial charge >= 0.3 is 0 Å². The molecule has 1 rings (SSSR count). The van der Waals surface area contributed by atoms with Crippen molar-refractivity contribution < 1.29 is 9.90 Å². The fraction of sp³-hybridized carbons (Fsp3) is 0.696. The summed E-state index contributed by atoms with van der Waals surface area (Å²) >= 11 is 5.47. The van der Waals surface area contributed by atoms with Crippen LogP contribution in [-0.2, 0) is 6.42 Å². The van der Waals surface area contributed by atoms with Gasteiger partial charge in [-0.1, -0.05) is 103 Å². The molecule has 0 saturated carbocycles. The summed E-state index contributed by atoms with van der Waals surface area (Å²) in [6.07, 6.45) is 19.5. The van der Waals surface area contributed by atoms with E-state index in [1.165, 1.54) is 83.5 Å². The summed E-state index contributed by atoms with van der Waals surface area (Å²) in [6.45, 7) is 2.27. The number of unbranched alkanes of at least 4 members (excludes halogenated alkanes) is 13. The van der Waals surface area contributed by atoms with Crippen molar-refractivity contribution in [2.45, 2.75) is 103 Å². The molecule has 0 aliphatic rings. The number of hydrogen-bond acceptors (Lipinski definition) is 2. The molecule has 1 aromatic carbocycles. The van der Waals surface area contributed by atoms with E-state index in [1.54, 1.807) is 12.1 Å². The number of phenolic OH excluding ortho intramolecular Hbond substituents is 1. The summed E-state index contributed by atoms with van der Waals surface area (Å²) in [7, 11) is 0. The molecular weight excluding hydrogens is 344 g/mol. The molecule has 0 amide bonds. The predicted octanol–water partition coefficient (Wildman–Crippen LogP) is 7.80. The van der Waals surface area contributed by atoms with Gasteiger partial charge in [0.1, 0.15) is 5.75 Å². The molecule has 1 aromatic rings. The van der Waals surface area contributed by atoms with Gasteiger partial charge in [0.05, 0.1) is 5.56 Å². The Kier molecular flexibility index (Phi) is 13.4. The molecule has 0 bridgehead atoms. The highest BCUT2D eigenvalue weighted by Crippen LogP contribution is 2.25. The Bertz CT molecular complexity index is 499. The van der Waals surface area contributed by atoms with Gasteiger partial charge < -0.3 is 5.11 Å². The van der Waals surface area contributed by atoms with Gasteiger partial charge in [0, 0.05) is 0 Å². The minimum Gasteiger partial charge on any atom is -0.507 e. The monoisotopic (exact) mass is 380 g/mol. The minimum atomic E-state index is -0.592. The molecule has 0 unspecified atom stereocenters. The fourth-order valence-electron chi connectivity index (χ4n) is 3.46. The first-order valence-corrected chi connectivity index (χ1v) is 11.0. The number of aromatic hydroxyl groups is 1. The number of halogens is 1. The van der Waals surface area contributed by atoms with Crippen LogP contribution in [0.25, 0.3) is 0 Å². The van der Waals surface area contributed by atoms with E-state index >= 15 is 0 Å². The van der Waals surface area contributed by atoms with Crippen LogP contribution in [0, 0.1) is 0 Å². The van der Waals surface area contributed by atoms with Gasteiger partial charge in [0.25, 0.3) is 5.24 Å². The molecule has 0 fully saturated rings. The van der Waals surface area contributed by atoms with Crippen molar-refractivity contribution >= 4 is 16.8 Å². The normalized spacial score (nSPS) is 11.0. The Hall–Kier alpha value is -1.02. The first-order chi connectivity index (χ1) is 12.7.